The second-order valence-electron chi connectivity index (χ2n) is 0.894. The molecule has 0 N–H and O–H groups in total. The Morgan fingerprint density at radius 1 is 0.556 bits per heavy atom. The molecular formula is C4H12BiS4+3. The number of hydrogen-bond donors (Lipinski definition) is 4. The quantitative estimate of drug-likeness (QED) is 0.392. The zero-order valence-electron chi connectivity index (χ0n) is 5.06. The largest absolute Gasteiger partial charge is 3.00 e. The zero-order chi connectivity index (χ0) is 6.83. The van der Waals surface area contributed by atoms with Crippen LogP contribution in [-0.2, 0) is 0 Å². The van der Waals surface area contributed by atoms with Gasteiger partial charge in [0.15, 0.2) is 0 Å². The smallest absolute Gasteiger partial charge is 0.179 e. The van der Waals surface area contributed by atoms with Crippen molar-refractivity contribution in [3.05, 3.63) is 0 Å². The van der Waals surface area contributed by atoms with Crippen LogP contribution in [0.2, 0.25) is 0 Å². The van der Waals surface area contributed by atoms with Gasteiger partial charge in [0.25, 0.3) is 0 Å². The number of hydrogen-bond acceptors (Lipinski definition) is 4. The third-order valence-electron chi connectivity index (χ3n) is 0.200. The summed E-state index contributed by atoms with van der Waals surface area (Å²) in [6, 6.07) is 0. The summed E-state index contributed by atoms with van der Waals surface area (Å²) in [4.78, 5) is 0. The first kappa shape index (κ1) is 17.4. The van der Waals surface area contributed by atoms with Crippen LogP contribution >= 0.6 is 50.5 Å². The van der Waals surface area contributed by atoms with Crippen LogP contribution < -0.4 is 0 Å². The molecule has 0 aromatic rings. The van der Waals surface area contributed by atoms with E-state index in [1.165, 1.54) is 0 Å². The van der Waals surface area contributed by atoms with E-state index in [9.17, 15) is 0 Å². The van der Waals surface area contributed by atoms with Crippen LogP contribution in [0.5, 0.6) is 0 Å². The van der Waals surface area contributed by atoms with Crippen LogP contribution in [0.25, 0.3) is 0 Å². The third kappa shape index (κ3) is 38.5. The molecule has 0 amide bonds. The molecule has 0 fully saturated rings. The van der Waals surface area contributed by atoms with E-state index in [0.717, 1.165) is 23.0 Å². The maximum absolute atomic E-state index is 3.84. The number of thiol groups is 4. The van der Waals surface area contributed by atoms with Crippen LogP contribution in [0, 0.1) is 0 Å². The van der Waals surface area contributed by atoms with Crippen molar-refractivity contribution < 1.29 is 0 Å². The van der Waals surface area contributed by atoms with Crippen molar-refractivity contribution in [2.45, 2.75) is 0 Å². The van der Waals surface area contributed by atoms with Gasteiger partial charge in [-0.05, 0) is 23.0 Å². The van der Waals surface area contributed by atoms with Crippen molar-refractivity contribution in [1.82, 2.24) is 0 Å². The van der Waals surface area contributed by atoms with Crippen molar-refractivity contribution in [1.29, 1.82) is 0 Å². The summed E-state index contributed by atoms with van der Waals surface area (Å²) in [6.45, 7) is 0. The SMILES string of the molecule is SCCS.SCCS.[Bi+3]. The van der Waals surface area contributed by atoms with E-state index in [2.05, 4.69) is 50.5 Å². The van der Waals surface area contributed by atoms with Gasteiger partial charge in [-0.3, -0.25) is 0 Å². The normalized spacial score (nSPS) is 6.67. The molecule has 0 nitrogen and oxygen atoms in total. The second kappa shape index (κ2) is 22.4. The molecule has 9 heavy (non-hydrogen) atoms. The molecule has 0 atom stereocenters. The van der Waals surface area contributed by atoms with Gasteiger partial charge in [-0.15, -0.1) is 0 Å². The molecule has 5 heteroatoms. The fourth-order valence-electron chi connectivity index (χ4n) is 0. The van der Waals surface area contributed by atoms with E-state index in [-0.39, 0.29) is 26.2 Å². The van der Waals surface area contributed by atoms with E-state index >= 15 is 0 Å². The van der Waals surface area contributed by atoms with Gasteiger partial charge in [0.1, 0.15) is 0 Å². The topological polar surface area (TPSA) is 0 Å². The fourth-order valence-corrected chi connectivity index (χ4v) is 0. The van der Waals surface area contributed by atoms with Crippen LogP contribution in [0.1, 0.15) is 0 Å². The molecule has 0 aliphatic heterocycles. The zero-order valence-corrected chi connectivity index (χ0v) is 12.1. The first-order valence-electron chi connectivity index (χ1n) is 2.26. The Labute approximate surface area is 98.7 Å². The van der Waals surface area contributed by atoms with Crippen molar-refractivity contribution in [2.75, 3.05) is 23.0 Å². The van der Waals surface area contributed by atoms with E-state index in [0.29, 0.717) is 0 Å². The van der Waals surface area contributed by atoms with E-state index in [4.69, 9.17) is 0 Å². The summed E-state index contributed by atoms with van der Waals surface area (Å²) in [5, 5.41) is 0. The average molecular weight is 397 g/mol. The Kier molecular flexibility index (Phi) is 43.4. The Bertz CT molecular complexity index is 20.5. The van der Waals surface area contributed by atoms with Crippen molar-refractivity contribution in [2.24, 2.45) is 0 Å². The predicted octanol–water partition coefficient (Wildman–Crippen LogP) is 1.31. The molecule has 0 bridgehead atoms. The van der Waals surface area contributed by atoms with Crippen LogP contribution in [0.15, 0.2) is 0 Å². The maximum Gasteiger partial charge on any atom is 3.00 e. The van der Waals surface area contributed by atoms with Gasteiger partial charge in [-0.25, -0.2) is 0 Å². The maximum atomic E-state index is 3.84. The van der Waals surface area contributed by atoms with Gasteiger partial charge < -0.3 is 0 Å². The summed E-state index contributed by atoms with van der Waals surface area (Å²) in [7, 11) is 0. The molecule has 2 radical (unpaired) electrons. The van der Waals surface area contributed by atoms with Crippen molar-refractivity contribution >= 4 is 76.7 Å². The van der Waals surface area contributed by atoms with Gasteiger partial charge in [0.05, 0.1) is 0 Å². The van der Waals surface area contributed by atoms with Gasteiger partial charge in [0.2, 0.25) is 0 Å². The minimum Gasteiger partial charge on any atom is -0.179 e. The molecule has 0 rings (SSSR count). The molecule has 0 aromatic carbocycles. The van der Waals surface area contributed by atoms with Crippen molar-refractivity contribution in [3.63, 3.8) is 0 Å². The van der Waals surface area contributed by atoms with E-state index in [1.54, 1.807) is 0 Å². The van der Waals surface area contributed by atoms with Crippen molar-refractivity contribution in [3.8, 4) is 0 Å². The minimum atomic E-state index is 0. The first-order chi connectivity index (χ1) is 3.83. The van der Waals surface area contributed by atoms with E-state index < -0.39 is 0 Å². The van der Waals surface area contributed by atoms with E-state index in [1.807, 2.05) is 0 Å². The standard InChI is InChI=1S/2C2H6S2.Bi/c2*3-1-2-4;/h2*3-4H,1-2H2;/q;;+3. The molecule has 0 heterocycles. The minimum absolute atomic E-state index is 0. The van der Waals surface area contributed by atoms with Gasteiger partial charge in [-0.1, -0.05) is 0 Å². The predicted molar refractivity (Wildman–Crippen MR) is 61.2 cm³/mol. The van der Waals surface area contributed by atoms with Crippen LogP contribution in [-0.4, -0.2) is 49.2 Å². The summed E-state index contributed by atoms with van der Waals surface area (Å²) in [6.07, 6.45) is 0. The molecule has 0 unspecified atom stereocenters. The summed E-state index contributed by atoms with van der Waals surface area (Å²) >= 11 is 15.4. The average Bonchev–Trinajstić information content (AvgIpc) is 1.88. The van der Waals surface area contributed by atoms with Gasteiger partial charge in [-0.2, -0.15) is 50.5 Å². The summed E-state index contributed by atoms with van der Waals surface area (Å²) < 4.78 is 0. The molecule has 0 aliphatic rings. The first-order valence-corrected chi connectivity index (χ1v) is 4.79. The van der Waals surface area contributed by atoms with Gasteiger partial charge in [0, 0.05) is 0 Å². The Morgan fingerprint density at radius 3 is 0.667 bits per heavy atom. The molecule has 54 valence electrons. The molecule has 0 saturated carbocycles. The van der Waals surface area contributed by atoms with Crippen LogP contribution in [0.3, 0.4) is 0 Å². The molecule has 0 aliphatic carbocycles. The summed E-state index contributed by atoms with van der Waals surface area (Å²) in [5.74, 6) is 3.51. The third-order valence-corrected chi connectivity index (χ3v) is 1.80. The molecular weight excluding hydrogens is 385 g/mol. The Hall–Kier alpha value is 2.28. The second-order valence-corrected chi connectivity index (χ2v) is 2.68. The number of rotatable bonds is 2. The molecule has 0 aromatic heterocycles. The van der Waals surface area contributed by atoms with Gasteiger partial charge >= 0.3 is 26.2 Å². The Morgan fingerprint density at radius 2 is 0.667 bits per heavy atom. The summed E-state index contributed by atoms with van der Waals surface area (Å²) in [5.41, 5.74) is 0. The molecule has 0 spiro atoms. The fraction of sp³-hybridized carbons (Fsp3) is 1.00. The Balaban J connectivity index is -0.0000000720. The molecule has 0 saturated heterocycles. The van der Waals surface area contributed by atoms with Crippen LogP contribution in [0.4, 0.5) is 0 Å². The monoisotopic (exact) mass is 397 g/mol.